The number of hydrogen-bond acceptors (Lipinski definition) is 4. The topological polar surface area (TPSA) is 61.1 Å². The molecule has 0 aliphatic carbocycles. The number of rotatable bonds is 6. The Bertz CT molecular complexity index is 1220. The average Bonchev–Trinajstić information content (AvgIpc) is 3.11. The van der Waals surface area contributed by atoms with E-state index in [1.54, 1.807) is 19.2 Å². The molecule has 0 saturated carbocycles. The van der Waals surface area contributed by atoms with E-state index in [2.05, 4.69) is 10.4 Å². The van der Waals surface area contributed by atoms with Crippen LogP contribution in [0, 0.1) is 4.77 Å². The second-order valence-corrected chi connectivity index (χ2v) is 6.91. The molecule has 30 heavy (non-hydrogen) atoms. The van der Waals surface area contributed by atoms with Crippen LogP contribution in [0.15, 0.2) is 84.9 Å². The Morgan fingerprint density at radius 1 is 0.967 bits per heavy atom. The van der Waals surface area contributed by atoms with E-state index < -0.39 is 0 Å². The zero-order chi connectivity index (χ0) is 20.9. The molecular weight excluding hydrogens is 396 g/mol. The van der Waals surface area contributed by atoms with Gasteiger partial charge in [-0.1, -0.05) is 60.7 Å². The van der Waals surface area contributed by atoms with Gasteiger partial charge in [-0.25, -0.2) is 4.68 Å². The predicted molar refractivity (Wildman–Crippen MR) is 119 cm³/mol. The van der Waals surface area contributed by atoms with Gasteiger partial charge < -0.3 is 10.1 Å². The van der Waals surface area contributed by atoms with Crippen molar-refractivity contribution in [2.45, 2.75) is 6.54 Å². The normalized spacial score (nSPS) is 10.6. The molecule has 1 amide bonds. The van der Waals surface area contributed by atoms with Crippen molar-refractivity contribution >= 4 is 23.8 Å². The van der Waals surface area contributed by atoms with Crippen molar-refractivity contribution in [3.63, 3.8) is 0 Å². The summed E-state index contributed by atoms with van der Waals surface area (Å²) in [6.07, 6.45) is 0. The Kier molecular flexibility index (Phi) is 5.72. The largest absolute Gasteiger partial charge is 0.495 e. The van der Waals surface area contributed by atoms with Gasteiger partial charge in [-0.15, -0.1) is 0 Å². The number of carbonyl (C=O) groups excluding carboxylic acids is 1. The number of anilines is 1. The highest BCUT2D eigenvalue weighted by Crippen LogP contribution is 2.24. The van der Waals surface area contributed by atoms with E-state index in [0.717, 1.165) is 11.3 Å². The number of para-hydroxylation sites is 3. The fourth-order valence-electron chi connectivity index (χ4n) is 3.17. The molecule has 0 atom stereocenters. The number of amides is 1. The Hall–Kier alpha value is -3.71. The zero-order valence-corrected chi connectivity index (χ0v) is 17.2. The molecule has 150 valence electrons. The molecule has 7 heteroatoms. The number of aromatic nitrogens is 3. The summed E-state index contributed by atoms with van der Waals surface area (Å²) in [5, 5.41) is 7.53. The number of ether oxygens (including phenoxy) is 1. The summed E-state index contributed by atoms with van der Waals surface area (Å²) in [7, 11) is 1.56. The monoisotopic (exact) mass is 416 g/mol. The molecule has 3 aromatic carbocycles. The van der Waals surface area contributed by atoms with E-state index >= 15 is 0 Å². The van der Waals surface area contributed by atoms with E-state index in [1.165, 1.54) is 4.68 Å². The number of methoxy groups -OCH3 is 1. The van der Waals surface area contributed by atoms with Crippen LogP contribution in [0.5, 0.6) is 5.75 Å². The van der Waals surface area contributed by atoms with Gasteiger partial charge in [0.2, 0.25) is 10.7 Å². The molecule has 0 fully saturated rings. The summed E-state index contributed by atoms with van der Waals surface area (Å²) >= 11 is 5.69. The maximum Gasteiger partial charge on any atom is 0.246 e. The van der Waals surface area contributed by atoms with Crippen LogP contribution in [-0.2, 0) is 11.3 Å². The van der Waals surface area contributed by atoms with E-state index in [-0.39, 0.29) is 12.5 Å². The van der Waals surface area contributed by atoms with E-state index in [4.69, 9.17) is 17.0 Å². The zero-order valence-electron chi connectivity index (χ0n) is 16.4. The first-order valence-electron chi connectivity index (χ1n) is 9.41. The standard InChI is InChI=1S/C23H20N4O2S/c1-29-20-15-9-8-14-19(20)24-21(28)16-26-23(30)27(18-12-6-3-7-13-18)22(25-26)17-10-4-2-5-11-17/h2-15H,16H2,1H3,(H,24,28). The highest BCUT2D eigenvalue weighted by atomic mass is 32.1. The first kappa shape index (κ1) is 19.6. The second kappa shape index (κ2) is 8.75. The van der Waals surface area contributed by atoms with Gasteiger partial charge in [-0.2, -0.15) is 5.10 Å². The molecule has 0 spiro atoms. The Labute approximate surface area is 179 Å². The van der Waals surface area contributed by atoms with Gasteiger partial charge in [0.05, 0.1) is 12.8 Å². The fourth-order valence-corrected chi connectivity index (χ4v) is 3.47. The maximum absolute atomic E-state index is 12.7. The summed E-state index contributed by atoms with van der Waals surface area (Å²) in [6.45, 7) is -0.0173. The lowest BCUT2D eigenvalue weighted by Gasteiger charge is -2.09. The highest BCUT2D eigenvalue weighted by Gasteiger charge is 2.16. The molecule has 0 saturated heterocycles. The first-order valence-corrected chi connectivity index (χ1v) is 9.82. The molecule has 4 rings (SSSR count). The number of carbonyl (C=O) groups is 1. The summed E-state index contributed by atoms with van der Waals surface area (Å²) in [4.78, 5) is 12.7. The van der Waals surface area contributed by atoms with Gasteiger partial charge in [0, 0.05) is 11.3 Å². The van der Waals surface area contributed by atoms with Crippen LogP contribution in [0.1, 0.15) is 0 Å². The lowest BCUT2D eigenvalue weighted by molar-refractivity contribution is -0.116. The van der Waals surface area contributed by atoms with Crippen LogP contribution >= 0.6 is 12.2 Å². The number of nitrogens with one attached hydrogen (secondary N) is 1. The molecular formula is C23H20N4O2S. The lowest BCUT2D eigenvalue weighted by Crippen LogP contribution is -2.20. The number of benzene rings is 3. The Balaban J connectivity index is 1.70. The van der Waals surface area contributed by atoms with Crippen molar-refractivity contribution in [1.29, 1.82) is 0 Å². The van der Waals surface area contributed by atoms with Crippen LogP contribution in [-0.4, -0.2) is 27.4 Å². The third-order valence-electron chi connectivity index (χ3n) is 4.56. The third-order valence-corrected chi connectivity index (χ3v) is 4.95. The van der Waals surface area contributed by atoms with Crippen LogP contribution in [0.2, 0.25) is 0 Å². The van der Waals surface area contributed by atoms with E-state index in [9.17, 15) is 4.79 Å². The molecule has 0 aliphatic heterocycles. The van der Waals surface area contributed by atoms with Crippen LogP contribution in [0.4, 0.5) is 5.69 Å². The Morgan fingerprint density at radius 3 is 2.30 bits per heavy atom. The van der Waals surface area contributed by atoms with Gasteiger partial charge in [0.15, 0.2) is 5.82 Å². The minimum Gasteiger partial charge on any atom is -0.495 e. The van der Waals surface area contributed by atoms with Crippen LogP contribution in [0.25, 0.3) is 17.1 Å². The summed E-state index contributed by atoms with van der Waals surface area (Å²) in [5.74, 6) is 1.03. The van der Waals surface area contributed by atoms with Crippen LogP contribution in [0.3, 0.4) is 0 Å². The van der Waals surface area contributed by atoms with E-state index in [0.29, 0.717) is 22.0 Å². The van der Waals surface area contributed by atoms with Crippen molar-refractivity contribution in [2.24, 2.45) is 0 Å². The van der Waals surface area contributed by atoms with Gasteiger partial charge >= 0.3 is 0 Å². The molecule has 6 nitrogen and oxygen atoms in total. The summed E-state index contributed by atoms with van der Waals surface area (Å²) < 4.78 is 9.15. The molecule has 4 aromatic rings. The van der Waals surface area contributed by atoms with Crippen molar-refractivity contribution in [2.75, 3.05) is 12.4 Å². The minimum absolute atomic E-state index is 0.0173. The number of hydrogen-bond donors (Lipinski definition) is 1. The van der Waals surface area contributed by atoms with Gasteiger partial charge in [-0.05, 0) is 36.5 Å². The molecule has 0 radical (unpaired) electrons. The second-order valence-electron chi connectivity index (χ2n) is 6.55. The summed E-state index contributed by atoms with van der Waals surface area (Å²) in [5.41, 5.74) is 2.40. The van der Waals surface area contributed by atoms with Gasteiger partial charge in [-0.3, -0.25) is 9.36 Å². The third kappa shape index (κ3) is 4.01. The quantitative estimate of drug-likeness (QED) is 0.462. The molecule has 0 bridgehead atoms. The van der Waals surface area contributed by atoms with Gasteiger partial charge in [0.1, 0.15) is 12.3 Å². The predicted octanol–water partition coefficient (Wildman–Crippen LogP) is 4.72. The minimum atomic E-state index is -0.243. The first-order chi connectivity index (χ1) is 14.7. The molecule has 1 N–H and O–H groups in total. The van der Waals surface area contributed by atoms with Crippen molar-refractivity contribution in [1.82, 2.24) is 14.3 Å². The van der Waals surface area contributed by atoms with Crippen molar-refractivity contribution in [3.05, 3.63) is 89.7 Å². The van der Waals surface area contributed by atoms with Gasteiger partial charge in [0.25, 0.3) is 0 Å². The number of nitrogens with zero attached hydrogens (tertiary/aromatic N) is 3. The van der Waals surface area contributed by atoms with Crippen molar-refractivity contribution < 1.29 is 9.53 Å². The molecule has 0 aliphatic rings. The smallest absolute Gasteiger partial charge is 0.246 e. The SMILES string of the molecule is COc1ccccc1NC(=O)Cn1nc(-c2ccccc2)n(-c2ccccc2)c1=S. The molecule has 0 unspecified atom stereocenters. The highest BCUT2D eigenvalue weighted by molar-refractivity contribution is 7.71. The lowest BCUT2D eigenvalue weighted by atomic mass is 10.2. The van der Waals surface area contributed by atoms with Crippen LogP contribution < -0.4 is 10.1 Å². The fraction of sp³-hybridized carbons (Fsp3) is 0.0870. The average molecular weight is 417 g/mol. The summed E-state index contributed by atoms with van der Waals surface area (Å²) in [6, 6.07) is 26.8. The van der Waals surface area contributed by atoms with E-state index in [1.807, 2.05) is 77.4 Å². The Morgan fingerprint density at radius 2 is 1.60 bits per heavy atom. The maximum atomic E-state index is 12.7. The molecule has 1 heterocycles. The van der Waals surface area contributed by atoms with Crippen molar-refractivity contribution in [3.8, 4) is 22.8 Å². The molecule has 1 aromatic heterocycles.